The highest BCUT2D eigenvalue weighted by atomic mass is 32.1. The number of nitrogens with zero attached hydrogens (tertiary/aromatic N) is 2. The second-order valence-corrected chi connectivity index (χ2v) is 8.53. The van der Waals surface area contributed by atoms with E-state index < -0.39 is 5.97 Å². The van der Waals surface area contributed by atoms with Gasteiger partial charge in [-0.15, -0.1) is 11.3 Å². The Morgan fingerprint density at radius 1 is 1.14 bits per heavy atom. The number of carbonyl (C=O) groups is 2. The normalized spacial score (nSPS) is 15.7. The van der Waals surface area contributed by atoms with Gasteiger partial charge in [-0.25, -0.2) is 4.79 Å². The van der Waals surface area contributed by atoms with Gasteiger partial charge in [0.1, 0.15) is 10.6 Å². The third-order valence-electron chi connectivity index (χ3n) is 5.06. The number of hydrogen-bond acceptors (Lipinski definition) is 6. The molecule has 7 heteroatoms. The molecule has 1 aliphatic rings. The fourth-order valence-electron chi connectivity index (χ4n) is 3.61. The van der Waals surface area contributed by atoms with Gasteiger partial charge in [0, 0.05) is 23.5 Å². The first-order chi connectivity index (χ1) is 14.0. The second kappa shape index (κ2) is 10.0. The van der Waals surface area contributed by atoms with Gasteiger partial charge in [0.2, 0.25) is 5.91 Å². The number of anilines is 1. The Bertz CT molecular complexity index is 850. The van der Waals surface area contributed by atoms with Crippen LogP contribution in [0.25, 0.3) is 11.1 Å². The van der Waals surface area contributed by atoms with Gasteiger partial charge in [-0.05, 0) is 46.0 Å². The molecule has 6 nitrogen and oxygen atoms in total. The van der Waals surface area contributed by atoms with Crippen LogP contribution in [0.2, 0.25) is 0 Å². The molecule has 1 fully saturated rings. The van der Waals surface area contributed by atoms with E-state index in [1.807, 2.05) is 37.3 Å². The maximum absolute atomic E-state index is 12.8. The predicted molar refractivity (Wildman–Crippen MR) is 118 cm³/mol. The average Bonchev–Trinajstić information content (AvgIpc) is 2.87. The molecular formula is C22H29N3O3S. The van der Waals surface area contributed by atoms with Crippen LogP contribution in [0.15, 0.2) is 30.3 Å². The molecule has 1 N–H and O–H groups in total. The van der Waals surface area contributed by atoms with E-state index in [-0.39, 0.29) is 12.5 Å². The quantitative estimate of drug-likeness (QED) is 0.732. The van der Waals surface area contributed by atoms with E-state index in [0.717, 1.165) is 48.6 Å². The standard InChI is InChI=1S/C22H29N3O3S/c1-4-28-22(27)20-19(17-9-6-5-7-10-17)16(2)29-21(20)23-18(26)15-25-12-8-11-24(3)13-14-25/h5-7,9-10H,4,8,11-15H2,1-3H3,(H,23,26). The Balaban J connectivity index is 1.83. The Kier molecular flexibility index (Phi) is 7.41. The van der Waals surface area contributed by atoms with Gasteiger partial charge in [0.05, 0.1) is 13.2 Å². The number of hydrogen-bond donors (Lipinski definition) is 1. The summed E-state index contributed by atoms with van der Waals surface area (Å²) in [7, 11) is 2.11. The summed E-state index contributed by atoms with van der Waals surface area (Å²) < 4.78 is 5.30. The van der Waals surface area contributed by atoms with Crippen molar-refractivity contribution in [2.45, 2.75) is 20.3 Å². The Hall–Kier alpha value is -2.22. The molecule has 0 bridgehead atoms. The number of nitrogens with one attached hydrogen (secondary N) is 1. The minimum atomic E-state index is -0.401. The lowest BCUT2D eigenvalue weighted by Crippen LogP contribution is -2.36. The van der Waals surface area contributed by atoms with Crippen molar-refractivity contribution in [3.63, 3.8) is 0 Å². The maximum Gasteiger partial charge on any atom is 0.341 e. The van der Waals surface area contributed by atoms with Crippen molar-refractivity contribution in [1.29, 1.82) is 0 Å². The molecule has 1 saturated heterocycles. The zero-order valence-corrected chi connectivity index (χ0v) is 18.2. The highest BCUT2D eigenvalue weighted by molar-refractivity contribution is 7.17. The lowest BCUT2D eigenvalue weighted by molar-refractivity contribution is -0.117. The van der Waals surface area contributed by atoms with Crippen LogP contribution in [0.5, 0.6) is 0 Å². The van der Waals surface area contributed by atoms with Crippen molar-refractivity contribution in [3.05, 3.63) is 40.8 Å². The summed E-state index contributed by atoms with van der Waals surface area (Å²) in [5.41, 5.74) is 2.23. The van der Waals surface area contributed by atoms with Crippen LogP contribution in [0, 0.1) is 6.92 Å². The molecule has 0 saturated carbocycles. The summed E-state index contributed by atoms with van der Waals surface area (Å²) in [6, 6.07) is 9.76. The SMILES string of the molecule is CCOC(=O)c1c(NC(=O)CN2CCCN(C)CC2)sc(C)c1-c1ccccc1. The lowest BCUT2D eigenvalue weighted by atomic mass is 10.0. The Labute approximate surface area is 176 Å². The number of aryl methyl sites for hydroxylation is 1. The number of carbonyl (C=O) groups excluding carboxylic acids is 2. The monoisotopic (exact) mass is 415 g/mol. The molecule has 1 aromatic heterocycles. The van der Waals surface area contributed by atoms with Gasteiger partial charge >= 0.3 is 5.97 Å². The highest BCUT2D eigenvalue weighted by Gasteiger charge is 2.26. The van der Waals surface area contributed by atoms with Crippen molar-refractivity contribution in [3.8, 4) is 11.1 Å². The van der Waals surface area contributed by atoms with E-state index in [0.29, 0.717) is 17.1 Å². The number of amides is 1. The van der Waals surface area contributed by atoms with Crippen LogP contribution in [0.3, 0.4) is 0 Å². The molecule has 0 unspecified atom stereocenters. The zero-order chi connectivity index (χ0) is 20.8. The first-order valence-electron chi connectivity index (χ1n) is 10.1. The van der Waals surface area contributed by atoms with Crippen LogP contribution >= 0.6 is 11.3 Å². The molecule has 1 aromatic carbocycles. The van der Waals surface area contributed by atoms with Crippen molar-refractivity contribution < 1.29 is 14.3 Å². The number of likely N-dealkylation sites (N-methyl/N-ethyl adjacent to an activating group) is 1. The van der Waals surface area contributed by atoms with Crippen molar-refractivity contribution in [2.24, 2.45) is 0 Å². The molecular weight excluding hydrogens is 386 g/mol. The summed E-state index contributed by atoms with van der Waals surface area (Å²) in [6.45, 7) is 8.15. The maximum atomic E-state index is 12.8. The largest absolute Gasteiger partial charge is 0.462 e. The molecule has 1 aliphatic heterocycles. The van der Waals surface area contributed by atoms with Gasteiger partial charge in [0.15, 0.2) is 0 Å². The molecule has 0 radical (unpaired) electrons. The molecule has 156 valence electrons. The molecule has 3 rings (SSSR count). The third-order valence-corrected chi connectivity index (χ3v) is 6.08. The summed E-state index contributed by atoms with van der Waals surface area (Å²) in [5, 5.41) is 3.55. The van der Waals surface area contributed by atoms with Crippen molar-refractivity contribution in [2.75, 3.05) is 51.7 Å². The lowest BCUT2D eigenvalue weighted by Gasteiger charge is -2.19. The Morgan fingerprint density at radius 3 is 2.62 bits per heavy atom. The van der Waals surface area contributed by atoms with E-state index in [1.54, 1.807) is 6.92 Å². The summed E-state index contributed by atoms with van der Waals surface area (Å²) >= 11 is 1.43. The average molecular weight is 416 g/mol. The smallest absolute Gasteiger partial charge is 0.341 e. The van der Waals surface area contributed by atoms with Crippen LogP contribution in [-0.2, 0) is 9.53 Å². The van der Waals surface area contributed by atoms with Gasteiger partial charge in [-0.1, -0.05) is 30.3 Å². The van der Waals surface area contributed by atoms with Gasteiger partial charge < -0.3 is 15.0 Å². The van der Waals surface area contributed by atoms with E-state index in [9.17, 15) is 9.59 Å². The first-order valence-corrected chi connectivity index (χ1v) is 10.9. The first kappa shape index (κ1) is 21.5. The minimum absolute atomic E-state index is 0.0963. The molecule has 29 heavy (non-hydrogen) atoms. The fourth-order valence-corrected chi connectivity index (χ4v) is 4.69. The summed E-state index contributed by atoms with van der Waals surface area (Å²) in [4.78, 5) is 30.9. The van der Waals surface area contributed by atoms with Crippen molar-refractivity contribution in [1.82, 2.24) is 9.80 Å². The second-order valence-electron chi connectivity index (χ2n) is 7.31. The minimum Gasteiger partial charge on any atom is -0.462 e. The molecule has 0 spiro atoms. The molecule has 0 aliphatic carbocycles. The van der Waals surface area contributed by atoms with E-state index >= 15 is 0 Å². The number of thiophene rings is 1. The van der Waals surface area contributed by atoms with E-state index in [4.69, 9.17) is 4.74 Å². The third kappa shape index (κ3) is 5.44. The predicted octanol–water partition coefficient (Wildman–Crippen LogP) is 3.48. The molecule has 2 heterocycles. The van der Waals surface area contributed by atoms with Gasteiger partial charge in [0.25, 0.3) is 0 Å². The topological polar surface area (TPSA) is 61.9 Å². The molecule has 0 atom stereocenters. The van der Waals surface area contributed by atoms with Crippen molar-refractivity contribution >= 4 is 28.2 Å². The van der Waals surface area contributed by atoms with E-state index in [2.05, 4.69) is 22.2 Å². The molecule has 2 aromatic rings. The van der Waals surface area contributed by atoms with Gasteiger partial charge in [-0.3, -0.25) is 9.69 Å². The zero-order valence-electron chi connectivity index (χ0n) is 17.4. The Morgan fingerprint density at radius 2 is 1.90 bits per heavy atom. The number of ether oxygens (including phenoxy) is 1. The van der Waals surface area contributed by atoms with Crippen LogP contribution in [-0.4, -0.2) is 68.1 Å². The van der Waals surface area contributed by atoms with Gasteiger partial charge in [-0.2, -0.15) is 0 Å². The highest BCUT2D eigenvalue weighted by Crippen LogP contribution is 2.40. The fraction of sp³-hybridized carbons (Fsp3) is 0.455. The summed E-state index contributed by atoms with van der Waals surface area (Å²) in [5.74, 6) is -0.497. The number of benzene rings is 1. The van der Waals surface area contributed by atoms with Crippen LogP contribution in [0.4, 0.5) is 5.00 Å². The number of esters is 1. The summed E-state index contributed by atoms with van der Waals surface area (Å²) in [6.07, 6.45) is 1.05. The molecule has 1 amide bonds. The van der Waals surface area contributed by atoms with Crippen LogP contribution < -0.4 is 5.32 Å². The number of rotatable bonds is 6. The van der Waals surface area contributed by atoms with Crippen LogP contribution in [0.1, 0.15) is 28.6 Å². The van der Waals surface area contributed by atoms with E-state index in [1.165, 1.54) is 11.3 Å².